The minimum Gasteiger partial charge on any atom is -0.382 e. The van der Waals surface area contributed by atoms with E-state index in [-0.39, 0.29) is 29.2 Å². The molecule has 234 valence electrons. The number of hydrogen-bond acceptors (Lipinski definition) is 6. The molecule has 2 amide bonds. The summed E-state index contributed by atoms with van der Waals surface area (Å²) in [5, 5.41) is 6.48. The summed E-state index contributed by atoms with van der Waals surface area (Å²) in [6, 6.07) is 3.00. The van der Waals surface area contributed by atoms with Crippen molar-refractivity contribution in [3.05, 3.63) is 40.5 Å². The van der Waals surface area contributed by atoms with Crippen molar-refractivity contribution >= 4 is 27.3 Å². The number of likely N-dealkylation sites (tertiary alicyclic amines) is 1. The van der Waals surface area contributed by atoms with Gasteiger partial charge in [-0.15, -0.1) is 0 Å². The van der Waals surface area contributed by atoms with E-state index in [4.69, 9.17) is 5.73 Å². The summed E-state index contributed by atoms with van der Waals surface area (Å²) in [5.74, 6) is -1.47. The number of carbonyl (C=O) groups excluding carboxylic acids is 2. The van der Waals surface area contributed by atoms with E-state index < -0.39 is 27.0 Å². The second kappa shape index (κ2) is 11.5. The molecule has 3 heterocycles. The predicted octanol–water partition coefficient (Wildman–Crippen LogP) is 3.74. The van der Waals surface area contributed by atoms with Gasteiger partial charge in [-0.1, -0.05) is 13.8 Å². The van der Waals surface area contributed by atoms with E-state index in [0.29, 0.717) is 73.5 Å². The highest BCUT2D eigenvalue weighted by atomic mass is 32.2. The largest absolute Gasteiger partial charge is 0.382 e. The van der Waals surface area contributed by atoms with Gasteiger partial charge < -0.3 is 25.8 Å². The number of rotatable bonds is 8. The number of amides is 2. The van der Waals surface area contributed by atoms with E-state index in [1.807, 2.05) is 18.4 Å². The van der Waals surface area contributed by atoms with Gasteiger partial charge in [-0.2, -0.15) is 0 Å². The Kier molecular flexibility index (Phi) is 8.08. The molecule has 1 aromatic heterocycles. The molecule has 2 aromatic rings. The SMILES string of the molecule is CC1(C)Cc2c(c3c(n2-c2cc(F)c(C(N)=O)c(N[C@H]4CC[C@H](C(=O)NCCN5CCCC5)CC4)c2)CCC3)S(=O)(=O)C1. The second-order valence-corrected chi connectivity index (χ2v) is 15.7. The minimum absolute atomic E-state index is 0.0509. The number of nitrogens with two attached hydrogens (primary N) is 1. The molecule has 1 aromatic carbocycles. The highest BCUT2D eigenvalue weighted by Crippen LogP contribution is 2.45. The van der Waals surface area contributed by atoms with Gasteiger partial charge in [-0.05, 0) is 100 Å². The van der Waals surface area contributed by atoms with E-state index in [1.54, 1.807) is 6.07 Å². The zero-order valence-electron chi connectivity index (χ0n) is 25.3. The molecule has 4 N–H and O–H groups in total. The van der Waals surface area contributed by atoms with Crippen LogP contribution in [0.5, 0.6) is 0 Å². The Balaban J connectivity index is 1.23. The third-order valence-electron chi connectivity index (χ3n) is 9.77. The van der Waals surface area contributed by atoms with E-state index >= 15 is 4.39 Å². The summed E-state index contributed by atoms with van der Waals surface area (Å²) >= 11 is 0. The number of fused-ring (bicyclic) bond motifs is 3. The normalized spacial score (nSPS) is 24.3. The number of halogens is 1. The highest BCUT2D eigenvalue weighted by molar-refractivity contribution is 7.91. The predicted molar refractivity (Wildman–Crippen MR) is 164 cm³/mol. The summed E-state index contributed by atoms with van der Waals surface area (Å²) in [6.45, 7) is 7.66. The molecule has 2 fully saturated rings. The van der Waals surface area contributed by atoms with Crippen LogP contribution in [0.25, 0.3) is 5.69 Å². The summed E-state index contributed by atoms with van der Waals surface area (Å²) in [5.41, 5.74) is 8.29. The first kappa shape index (κ1) is 30.1. The third-order valence-corrected chi connectivity index (χ3v) is 12.0. The molecule has 2 aliphatic carbocycles. The number of anilines is 1. The fourth-order valence-electron chi connectivity index (χ4n) is 7.88. The van der Waals surface area contributed by atoms with Crippen molar-refractivity contribution in [2.24, 2.45) is 17.1 Å². The number of carbonyl (C=O) groups is 2. The van der Waals surface area contributed by atoms with Crippen molar-refractivity contribution in [3.63, 3.8) is 0 Å². The Labute approximate surface area is 253 Å². The van der Waals surface area contributed by atoms with Gasteiger partial charge in [0.1, 0.15) is 5.82 Å². The number of aromatic nitrogens is 1. The lowest BCUT2D eigenvalue weighted by Crippen LogP contribution is -2.39. The fourth-order valence-corrected chi connectivity index (χ4v) is 10.3. The Morgan fingerprint density at radius 3 is 2.47 bits per heavy atom. The summed E-state index contributed by atoms with van der Waals surface area (Å²) in [6.07, 6.45) is 8.07. The van der Waals surface area contributed by atoms with Crippen molar-refractivity contribution in [3.8, 4) is 5.69 Å². The molecule has 6 rings (SSSR count). The molecule has 0 bridgehead atoms. The van der Waals surface area contributed by atoms with Gasteiger partial charge in [0.15, 0.2) is 9.84 Å². The highest BCUT2D eigenvalue weighted by Gasteiger charge is 2.42. The topological polar surface area (TPSA) is 127 Å². The lowest BCUT2D eigenvalue weighted by Gasteiger charge is -2.31. The Bertz CT molecular complexity index is 1540. The van der Waals surface area contributed by atoms with Crippen LogP contribution in [0.1, 0.15) is 86.1 Å². The number of nitrogens with zero attached hydrogens (tertiary/aromatic N) is 2. The Morgan fingerprint density at radius 2 is 1.77 bits per heavy atom. The lowest BCUT2D eigenvalue weighted by atomic mass is 9.85. The zero-order valence-corrected chi connectivity index (χ0v) is 26.1. The van der Waals surface area contributed by atoms with Crippen LogP contribution in [0.15, 0.2) is 17.0 Å². The lowest BCUT2D eigenvalue weighted by molar-refractivity contribution is -0.126. The van der Waals surface area contributed by atoms with Gasteiger partial charge in [-0.3, -0.25) is 9.59 Å². The quantitative estimate of drug-likeness (QED) is 0.417. The van der Waals surface area contributed by atoms with E-state index in [0.717, 1.165) is 37.3 Å². The average Bonchev–Trinajstić information content (AvgIpc) is 3.65. The number of hydrogen-bond donors (Lipinski definition) is 3. The number of primary amides is 1. The average molecular weight is 614 g/mol. The Hall–Kier alpha value is -2.92. The molecular weight excluding hydrogens is 569 g/mol. The number of nitrogens with one attached hydrogen (secondary N) is 2. The van der Waals surface area contributed by atoms with Gasteiger partial charge >= 0.3 is 0 Å². The van der Waals surface area contributed by atoms with Gasteiger partial charge in [0, 0.05) is 36.4 Å². The smallest absolute Gasteiger partial charge is 0.253 e. The van der Waals surface area contributed by atoms with Crippen molar-refractivity contribution in [1.29, 1.82) is 0 Å². The summed E-state index contributed by atoms with van der Waals surface area (Å²) < 4.78 is 44.5. The molecule has 43 heavy (non-hydrogen) atoms. The van der Waals surface area contributed by atoms with Crippen LogP contribution in [0.4, 0.5) is 10.1 Å². The van der Waals surface area contributed by atoms with Crippen molar-refractivity contribution in [2.45, 2.75) is 89.0 Å². The van der Waals surface area contributed by atoms with Crippen LogP contribution in [0.3, 0.4) is 0 Å². The zero-order chi connectivity index (χ0) is 30.5. The summed E-state index contributed by atoms with van der Waals surface area (Å²) in [4.78, 5) is 28.0. The molecule has 2 aliphatic heterocycles. The standard InChI is InChI=1S/C32H44FN5O4S/c1-32(2)18-27-29(43(41,42)19-32)23-6-5-7-26(23)38(27)22-16-24(33)28(30(34)39)25(17-22)36-21-10-8-20(9-11-21)31(40)35-12-15-37-13-3-4-14-37/h16-17,20-21,36H,3-15,18-19H2,1-2H3,(H2,34,39)(H,35,40)/t20-,21-. The van der Waals surface area contributed by atoms with Crippen LogP contribution in [-0.4, -0.2) is 67.7 Å². The summed E-state index contributed by atoms with van der Waals surface area (Å²) in [7, 11) is -3.49. The molecule has 0 spiro atoms. The van der Waals surface area contributed by atoms with Gasteiger partial charge in [-0.25, -0.2) is 12.8 Å². The molecule has 9 nitrogen and oxygen atoms in total. The molecule has 0 atom stereocenters. The van der Waals surface area contributed by atoms with E-state index in [9.17, 15) is 18.0 Å². The van der Waals surface area contributed by atoms with Crippen LogP contribution < -0.4 is 16.4 Å². The van der Waals surface area contributed by atoms with Crippen LogP contribution in [0, 0.1) is 17.2 Å². The van der Waals surface area contributed by atoms with Crippen molar-refractivity contribution in [1.82, 2.24) is 14.8 Å². The molecule has 0 radical (unpaired) electrons. The monoisotopic (exact) mass is 613 g/mol. The minimum atomic E-state index is -3.49. The maximum Gasteiger partial charge on any atom is 0.253 e. The number of sulfone groups is 1. The first-order valence-corrected chi connectivity index (χ1v) is 17.5. The van der Waals surface area contributed by atoms with Gasteiger partial charge in [0.05, 0.1) is 27.6 Å². The molecule has 1 saturated carbocycles. The van der Waals surface area contributed by atoms with E-state index in [1.165, 1.54) is 18.9 Å². The maximum absolute atomic E-state index is 15.7. The van der Waals surface area contributed by atoms with Gasteiger partial charge in [0.2, 0.25) is 5.91 Å². The third kappa shape index (κ3) is 5.94. The van der Waals surface area contributed by atoms with Crippen LogP contribution in [-0.2, 0) is 33.9 Å². The van der Waals surface area contributed by atoms with E-state index in [2.05, 4.69) is 15.5 Å². The fraction of sp³-hybridized carbons (Fsp3) is 0.625. The van der Waals surface area contributed by atoms with Crippen molar-refractivity contribution in [2.75, 3.05) is 37.2 Å². The first-order valence-electron chi connectivity index (χ1n) is 15.8. The molecular formula is C32H44FN5O4S. The van der Waals surface area contributed by atoms with Crippen molar-refractivity contribution < 1.29 is 22.4 Å². The molecule has 11 heteroatoms. The molecule has 4 aliphatic rings. The Morgan fingerprint density at radius 1 is 1.05 bits per heavy atom. The van der Waals surface area contributed by atoms with Crippen LogP contribution >= 0.6 is 0 Å². The molecule has 0 unspecified atom stereocenters. The first-order chi connectivity index (χ1) is 20.4. The second-order valence-electron chi connectivity index (χ2n) is 13.7. The van der Waals surface area contributed by atoms with Gasteiger partial charge in [0.25, 0.3) is 5.91 Å². The van der Waals surface area contributed by atoms with Crippen LogP contribution in [0.2, 0.25) is 0 Å². The maximum atomic E-state index is 15.7. The molecule has 1 saturated heterocycles. The number of benzene rings is 1.